The summed E-state index contributed by atoms with van der Waals surface area (Å²) in [5, 5.41) is 10.9. The molecule has 1 fully saturated rings. The summed E-state index contributed by atoms with van der Waals surface area (Å²) in [4.78, 5) is 65.8. The van der Waals surface area contributed by atoms with Crippen LogP contribution in [0.2, 0.25) is 0 Å². The van der Waals surface area contributed by atoms with Gasteiger partial charge in [0.2, 0.25) is 23.6 Å². The van der Waals surface area contributed by atoms with E-state index in [1.165, 1.54) is 6.92 Å². The highest BCUT2D eigenvalue weighted by Gasteiger charge is 2.44. The van der Waals surface area contributed by atoms with Crippen LogP contribution in [0.3, 0.4) is 0 Å². The van der Waals surface area contributed by atoms with Crippen molar-refractivity contribution in [3.63, 3.8) is 0 Å². The van der Waals surface area contributed by atoms with E-state index in [0.717, 1.165) is 40.1 Å². The quantitative estimate of drug-likeness (QED) is 0.188. The van der Waals surface area contributed by atoms with Gasteiger partial charge in [-0.05, 0) is 60.9 Å². The molecule has 1 aliphatic heterocycles. The van der Waals surface area contributed by atoms with E-state index in [9.17, 15) is 24.0 Å². The van der Waals surface area contributed by atoms with Crippen LogP contribution in [0.5, 0.6) is 0 Å². The van der Waals surface area contributed by atoms with E-state index in [0.29, 0.717) is 58.2 Å². The second kappa shape index (κ2) is 18.4. The summed E-state index contributed by atoms with van der Waals surface area (Å²) < 4.78 is 0. The van der Waals surface area contributed by atoms with E-state index in [1.807, 2.05) is 73.7 Å². The highest BCUT2D eigenvalue weighted by atomic mass is 32.2. The van der Waals surface area contributed by atoms with Crippen LogP contribution in [0.15, 0.2) is 72.8 Å². The lowest BCUT2D eigenvalue weighted by Gasteiger charge is -2.43. The van der Waals surface area contributed by atoms with Crippen LogP contribution in [-0.4, -0.2) is 71.6 Å². The van der Waals surface area contributed by atoms with E-state index in [1.54, 1.807) is 4.90 Å². The number of rotatable bonds is 16. The molecule has 4 rings (SSSR count). The molecular formula is C38H48N4O5S. The highest BCUT2D eigenvalue weighted by molar-refractivity contribution is 8.14. The minimum atomic E-state index is -0.779. The van der Waals surface area contributed by atoms with Gasteiger partial charge in [-0.25, -0.2) is 0 Å². The van der Waals surface area contributed by atoms with Crippen molar-refractivity contribution in [2.45, 2.75) is 71.3 Å². The number of unbranched alkanes of at least 4 members (excludes halogenated alkanes) is 2. The van der Waals surface area contributed by atoms with Gasteiger partial charge in [0.15, 0.2) is 5.12 Å². The Balaban J connectivity index is 1.44. The molecule has 3 N–H and O–H groups in total. The number of carbonyl (C=O) groups excluding carboxylic acids is 5. The number of hydrogen-bond acceptors (Lipinski definition) is 6. The second-order valence-corrected chi connectivity index (χ2v) is 13.8. The van der Waals surface area contributed by atoms with Crippen molar-refractivity contribution in [2.75, 3.05) is 31.9 Å². The molecule has 0 bridgehead atoms. The fraction of sp³-hybridized carbons (Fsp3) is 0.447. The SMILES string of the molecule is CCNC(=O)C1(Cc2ccccc2)CCCN(C(=O)[C@@H](Cc2ccc3ccccc3c2)NC(=O)CCCCCNC(=O)CSC(C)=O)C1. The molecular weight excluding hydrogens is 625 g/mol. The number of carbonyl (C=O) groups is 5. The van der Waals surface area contributed by atoms with Gasteiger partial charge < -0.3 is 20.9 Å². The molecule has 10 heteroatoms. The zero-order chi connectivity index (χ0) is 34.4. The topological polar surface area (TPSA) is 125 Å². The van der Waals surface area contributed by atoms with Gasteiger partial charge in [-0.15, -0.1) is 0 Å². The molecule has 1 heterocycles. The number of hydrogen-bond donors (Lipinski definition) is 3. The zero-order valence-electron chi connectivity index (χ0n) is 28.1. The molecule has 3 aromatic rings. The van der Waals surface area contributed by atoms with Crippen LogP contribution in [0, 0.1) is 5.41 Å². The normalized spacial score (nSPS) is 16.6. The van der Waals surface area contributed by atoms with Crippen molar-refractivity contribution in [3.8, 4) is 0 Å². The van der Waals surface area contributed by atoms with Gasteiger partial charge in [0.05, 0.1) is 11.2 Å². The first-order chi connectivity index (χ1) is 23.2. The van der Waals surface area contributed by atoms with Crippen molar-refractivity contribution in [1.29, 1.82) is 0 Å². The van der Waals surface area contributed by atoms with Gasteiger partial charge in [0, 0.05) is 45.9 Å². The summed E-state index contributed by atoms with van der Waals surface area (Å²) in [7, 11) is 0. The number of likely N-dealkylation sites (tertiary alicyclic amines) is 1. The molecule has 0 radical (unpaired) electrons. The summed E-state index contributed by atoms with van der Waals surface area (Å²) in [5.74, 6) is -0.495. The summed E-state index contributed by atoms with van der Waals surface area (Å²) in [6, 6.07) is 23.3. The molecule has 3 aromatic carbocycles. The standard InChI is InChI=1S/C38H48N4O5S/c1-3-39-37(47)38(25-29-13-6-4-7-14-29)20-12-22-42(27-38)36(46)33(24-30-18-19-31-15-9-10-16-32(31)23-30)41-34(44)17-8-5-11-21-40-35(45)26-48-28(2)43/h4,6-7,9-10,13-16,18-19,23,33H,3,5,8,11-12,17,20-22,24-27H2,1-2H3,(H,39,47)(H,40,45)(H,41,44)/t33-,38?/m1/s1. The summed E-state index contributed by atoms with van der Waals surface area (Å²) in [6.45, 7) is 5.13. The Bertz CT molecular complexity index is 1560. The molecule has 1 saturated heterocycles. The van der Waals surface area contributed by atoms with Gasteiger partial charge in [-0.3, -0.25) is 24.0 Å². The predicted octanol–water partition coefficient (Wildman–Crippen LogP) is 4.81. The summed E-state index contributed by atoms with van der Waals surface area (Å²) in [5.41, 5.74) is 1.24. The largest absolute Gasteiger partial charge is 0.356 e. The highest BCUT2D eigenvalue weighted by Crippen LogP contribution is 2.35. The van der Waals surface area contributed by atoms with E-state index in [-0.39, 0.29) is 47.5 Å². The lowest BCUT2D eigenvalue weighted by atomic mass is 9.74. The van der Waals surface area contributed by atoms with E-state index in [2.05, 4.69) is 22.0 Å². The first-order valence-electron chi connectivity index (χ1n) is 17.0. The number of amides is 4. The molecule has 4 amide bonds. The van der Waals surface area contributed by atoms with Crippen LogP contribution >= 0.6 is 11.8 Å². The van der Waals surface area contributed by atoms with Gasteiger partial charge >= 0.3 is 0 Å². The fourth-order valence-corrected chi connectivity index (χ4v) is 6.82. The Morgan fingerprint density at radius 2 is 1.60 bits per heavy atom. The van der Waals surface area contributed by atoms with Crippen molar-refractivity contribution in [2.24, 2.45) is 5.41 Å². The lowest BCUT2D eigenvalue weighted by molar-refractivity contribution is -0.144. The smallest absolute Gasteiger partial charge is 0.245 e. The molecule has 1 aliphatic rings. The minimum Gasteiger partial charge on any atom is -0.356 e. The third-order valence-corrected chi connectivity index (χ3v) is 9.60. The average molecular weight is 673 g/mol. The van der Waals surface area contributed by atoms with Crippen molar-refractivity contribution in [3.05, 3.63) is 83.9 Å². The Hall–Kier alpha value is -4.18. The van der Waals surface area contributed by atoms with Crippen LogP contribution in [0.4, 0.5) is 0 Å². The summed E-state index contributed by atoms with van der Waals surface area (Å²) >= 11 is 0.979. The summed E-state index contributed by atoms with van der Waals surface area (Å²) in [6.07, 6.45) is 4.54. The van der Waals surface area contributed by atoms with Crippen LogP contribution in [-0.2, 0) is 36.8 Å². The Labute approximate surface area is 288 Å². The molecule has 1 unspecified atom stereocenters. The Morgan fingerprint density at radius 1 is 0.854 bits per heavy atom. The zero-order valence-corrected chi connectivity index (χ0v) is 28.9. The van der Waals surface area contributed by atoms with Crippen molar-refractivity contribution < 1.29 is 24.0 Å². The fourth-order valence-electron chi connectivity index (χ4n) is 6.39. The molecule has 0 aromatic heterocycles. The molecule has 256 valence electrons. The van der Waals surface area contributed by atoms with Crippen LogP contribution < -0.4 is 16.0 Å². The number of thioether (sulfide) groups is 1. The molecule has 9 nitrogen and oxygen atoms in total. The maximum Gasteiger partial charge on any atom is 0.245 e. The number of fused-ring (bicyclic) bond motifs is 1. The first kappa shape index (κ1) is 36.7. The van der Waals surface area contributed by atoms with Gasteiger partial charge in [-0.2, -0.15) is 0 Å². The second-order valence-electron chi connectivity index (χ2n) is 12.6. The molecule has 0 spiro atoms. The average Bonchev–Trinajstić information content (AvgIpc) is 3.08. The monoisotopic (exact) mass is 672 g/mol. The van der Waals surface area contributed by atoms with Gasteiger partial charge in [-0.1, -0.05) is 91.0 Å². The van der Waals surface area contributed by atoms with E-state index >= 15 is 0 Å². The number of piperidine rings is 1. The third-order valence-electron chi connectivity index (χ3n) is 8.79. The van der Waals surface area contributed by atoms with Gasteiger partial charge in [0.1, 0.15) is 6.04 Å². The molecule has 0 saturated carbocycles. The molecule has 2 atom stereocenters. The van der Waals surface area contributed by atoms with E-state index in [4.69, 9.17) is 0 Å². The Morgan fingerprint density at radius 3 is 2.35 bits per heavy atom. The van der Waals surface area contributed by atoms with Crippen molar-refractivity contribution in [1.82, 2.24) is 20.9 Å². The van der Waals surface area contributed by atoms with Crippen LogP contribution in [0.25, 0.3) is 10.8 Å². The van der Waals surface area contributed by atoms with Crippen LogP contribution in [0.1, 0.15) is 63.5 Å². The molecule has 48 heavy (non-hydrogen) atoms. The van der Waals surface area contributed by atoms with E-state index < -0.39 is 11.5 Å². The predicted molar refractivity (Wildman–Crippen MR) is 191 cm³/mol. The lowest BCUT2D eigenvalue weighted by Crippen LogP contribution is -2.58. The minimum absolute atomic E-state index is 0.0461. The number of nitrogens with one attached hydrogen (secondary N) is 3. The first-order valence-corrected chi connectivity index (χ1v) is 18.0. The maximum atomic E-state index is 14.3. The molecule has 0 aliphatic carbocycles. The third kappa shape index (κ3) is 10.9. The maximum absolute atomic E-state index is 14.3. The van der Waals surface area contributed by atoms with Gasteiger partial charge in [0.25, 0.3) is 0 Å². The number of benzene rings is 3. The Kier molecular flexibility index (Phi) is 14.0. The van der Waals surface area contributed by atoms with Crippen molar-refractivity contribution >= 4 is 51.3 Å². The number of nitrogens with zero attached hydrogens (tertiary/aromatic N) is 1.